The number of aromatic nitrogens is 2. The van der Waals surface area contributed by atoms with Crippen molar-refractivity contribution in [1.29, 1.82) is 0 Å². The molecular formula is C29H30N4O3. The first-order valence-electron chi connectivity index (χ1n) is 11.9. The minimum absolute atomic E-state index is 0.324. The fourth-order valence-electron chi connectivity index (χ4n) is 3.11. The number of rotatable bonds is 11. The molecule has 0 fully saturated rings. The third kappa shape index (κ3) is 9.15. The maximum Gasteiger partial charge on any atom is 0.333 e. The summed E-state index contributed by atoms with van der Waals surface area (Å²) in [6, 6.07) is 13.3. The second-order valence-corrected chi connectivity index (χ2v) is 8.25. The molecule has 0 atom stereocenters. The van der Waals surface area contributed by atoms with Crippen molar-refractivity contribution in [2.24, 2.45) is 10.2 Å². The summed E-state index contributed by atoms with van der Waals surface area (Å²) >= 11 is 0. The Morgan fingerprint density at radius 3 is 2.28 bits per heavy atom. The van der Waals surface area contributed by atoms with E-state index in [1.807, 2.05) is 49.4 Å². The number of benzene rings is 2. The van der Waals surface area contributed by atoms with Gasteiger partial charge in [0, 0.05) is 23.5 Å². The molecule has 0 bridgehead atoms. The number of hydrogen-bond donors (Lipinski definition) is 0. The lowest BCUT2D eigenvalue weighted by molar-refractivity contribution is -0.139. The molecular weight excluding hydrogens is 452 g/mol. The van der Waals surface area contributed by atoms with E-state index >= 15 is 0 Å². The number of carbonyl (C=O) groups excluding carboxylic acids is 1. The maximum atomic E-state index is 11.3. The van der Waals surface area contributed by atoms with Crippen molar-refractivity contribution in [3.8, 4) is 17.6 Å². The lowest BCUT2D eigenvalue weighted by Crippen LogP contribution is -2.06. The number of azo groups is 1. The van der Waals surface area contributed by atoms with Crippen LogP contribution in [0.1, 0.15) is 49.3 Å². The second kappa shape index (κ2) is 14.2. The Balaban J connectivity index is 1.39. The van der Waals surface area contributed by atoms with E-state index in [0.29, 0.717) is 18.8 Å². The molecule has 0 aliphatic rings. The van der Waals surface area contributed by atoms with Crippen LogP contribution in [0.4, 0.5) is 11.4 Å². The van der Waals surface area contributed by atoms with Gasteiger partial charge in [0.1, 0.15) is 12.1 Å². The predicted molar refractivity (Wildman–Crippen MR) is 140 cm³/mol. The summed E-state index contributed by atoms with van der Waals surface area (Å²) in [7, 11) is 0. The van der Waals surface area contributed by atoms with Crippen molar-refractivity contribution < 1.29 is 14.3 Å². The first-order valence-corrected chi connectivity index (χ1v) is 11.9. The first-order chi connectivity index (χ1) is 17.5. The zero-order chi connectivity index (χ0) is 25.6. The molecule has 3 rings (SSSR count). The third-order valence-electron chi connectivity index (χ3n) is 5.12. The van der Waals surface area contributed by atoms with Crippen molar-refractivity contribution in [2.45, 2.75) is 39.5 Å². The Bertz CT molecular complexity index is 1240. The molecule has 0 saturated heterocycles. The van der Waals surface area contributed by atoms with Gasteiger partial charge in [-0.3, -0.25) is 0 Å². The van der Waals surface area contributed by atoms with E-state index in [1.54, 1.807) is 19.3 Å². The van der Waals surface area contributed by atoms with E-state index in [-0.39, 0.29) is 5.97 Å². The summed E-state index contributed by atoms with van der Waals surface area (Å²) in [5.74, 6) is 6.68. The van der Waals surface area contributed by atoms with Gasteiger partial charge in [0.2, 0.25) is 0 Å². The lowest BCUT2D eigenvalue weighted by atomic mass is 10.1. The SMILES string of the molecule is C=C(C)C(=O)OCCCCCCOc1ccc(/N=N/c2ccc(C#Cc3cncnc3)c(C)c2)cc1. The van der Waals surface area contributed by atoms with Crippen LogP contribution >= 0.6 is 0 Å². The van der Waals surface area contributed by atoms with Gasteiger partial charge in [-0.2, -0.15) is 10.2 Å². The largest absolute Gasteiger partial charge is 0.494 e. The van der Waals surface area contributed by atoms with E-state index in [1.165, 1.54) is 6.33 Å². The van der Waals surface area contributed by atoms with Gasteiger partial charge in [-0.15, -0.1) is 0 Å². The Kier molecular flexibility index (Phi) is 10.4. The molecule has 36 heavy (non-hydrogen) atoms. The normalized spacial score (nSPS) is 10.5. The first kappa shape index (κ1) is 26.3. The third-order valence-corrected chi connectivity index (χ3v) is 5.12. The number of aryl methyl sites for hydroxylation is 1. The molecule has 184 valence electrons. The van der Waals surface area contributed by atoms with Crippen LogP contribution in [0.25, 0.3) is 0 Å². The van der Waals surface area contributed by atoms with Gasteiger partial charge in [0.15, 0.2) is 0 Å². The maximum absolute atomic E-state index is 11.3. The highest BCUT2D eigenvalue weighted by Crippen LogP contribution is 2.23. The van der Waals surface area contributed by atoms with E-state index < -0.39 is 0 Å². The van der Waals surface area contributed by atoms with E-state index in [0.717, 1.165) is 59.5 Å². The summed E-state index contributed by atoms with van der Waals surface area (Å²) in [6.45, 7) is 8.28. The van der Waals surface area contributed by atoms with Crippen LogP contribution in [0.5, 0.6) is 5.75 Å². The molecule has 0 aliphatic carbocycles. The van der Waals surface area contributed by atoms with Crippen LogP contribution in [0.3, 0.4) is 0 Å². The number of esters is 1. The van der Waals surface area contributed by atoms with Crippen molar-refractivity contribution in [3.63, 3.8) is 0 Å². The number of ether oxygens (including phenoxy) is 2. The Morgan fingerprint density at radius 1 is 0.917 bits per heavy atom. The number of carbonyl (C=O) groups is 1. The van der Waals surface area contributed by atoms with Crippen molar-refractivity contribution in [3.05, 3.63) is 90.0 Å². The number of hydrogen-bond acceptors (Lipinski definition) is 7. The summed E-state index contributed by atoms with van der Waals surface area (Å²) in [5.41, 5.74) is 4.65. The van der Waals surface area contributed by atoms with Gasteiger partial charge < -0.3 is 9.47 Å². The second-order valence-electron chi connectivity index (χ2n) is 8.25. The minimum Gasteiger partial charge on any atom is -0.494 e. The van der Waals surface area contributed by atoms with E-state index in [9.17, 15) is 4.79 Å². The molecule has 0 aliphatic heterocycles. The molecule has 2 aromatic carbocycles. The number of unbranched alkanes of at least 4 members (excludes halogenated alkanes) is 3. The fourth-order valence-corrected chi connectivity index (χ4v) is 3.11. The average molecular weight is 483 g/mol. The Hall–Kier alpha value is -4.31. The highest BCUT2D eigenvalue weighted by Gasteiger charge is 2.02. The molecule has 3 aromatic rings. The van der Waals surface area contributed by atoms with Crippen molar-refractivity contribution >= 4 is 17.3 Å². The van der Waals surface area contributed by atoms with Gasteiger partial charge in [0.05, 0.1) is 30.2 Å². The van der Waals surface area contributed by atoms with Gasteiger partial charge >= 0.3 is 5.97 Å². The summed E-state index contributed by atoms with van der Waals surface area (Å²) < 4.78 is 10.9. The molecule has 7 heteroatoms. The van der Waals surface area contributed by atoms with Crippen LogP contribution in [0.2, 0.25) is 0 Å². The molecule has 0 amide bonds. The lowest BCUT2D eigenvalue weighted by Gasteiger charge is -2.07. The summed E-state index contributed by atoms with van der Waals surface area (Å²) in [4.78, 5) is 19.2. The standard InChI is InChI=1S/C29H30N4O3/c1-22(2)29(34)36-17-7-5-4-6-16-35-28-14-12-26(13-15-28)32-33-27-11-10-25(23(3)18-27)9-8-24-19-30-21-31-20-24/h10-15,18-21H,1,4-7,16-17H2,2-3H3/b33-32+. The van der Waals surface area contributed by atoms with Crippen LogP contribution in [0, 0.1) is 18.8 Å². The van der Waals surface area contributed by atoms with Crippen LogP contribution in [-0.4, -0.2) is 29.2 Å². The Morgan fingerprint density at radius 2 is 1.58 bits per heavy atom. The quantitative estimate of drug-likeness (QED) is 0.100. The number of nitrogens with zero attached hydrogens (tertiary/aromatic N) is 4. The van der Waals surface area contributed by atoms with Crippen molar-refractivity contribution in [1.82, 2.24) is 9.97 Å². The molecule has 0 radical (unpaired) electrons. The molecule has 0 N–H and O–H groups in total. The zero-order valence-corrected chi connectivity index (χ0v) is 20.7. The van der Waals surface area contributed by atoms with Crippen LogP contribution in [-0.2, 0) is 9.53 Å². The van der Waals surface area contributed by atoms with Crippen LogP contribution < -0.4 is 4.74 Å². The summed E-state index contributed by atoms with van der Waals surface area (Å²) in [5, 5.41) is 8.66. The minimum atomic E-state index is -0.324. The van der Waals surface area contributed by atoms with Gasteiger partial charge in [0.25, 0.3) is 0 Å². The van der Waals surface area contributed by atoms with Crippen LogP contribution in [0.15, 0.2) is 83.6 Å². The topological polar surface area (TPSA) is 86.0 Å². The predicted octanol–water partition coefficient (Wildman–Crippen LogP) is 6.66. The Labute approximate surface area is 212 Å². The zero-order valence-electron chi connectivity index (χ0n) is 20.7. The highest BCUT2D eigenvalue weighted by atomic mass is 16.5. The average Bonchev–Trinajstić information content (AvgIpc) is 2.89. The van der Waals surface area contributed by atoms with Gasteiger partial charge in [-0.25, -0.2) is 14.8 Å². The molecule has 1 aromatic heterocycles. The molecule has 0 spiro atoms. The fraction of sp³-hybridized carbons (Fsp3) is 0.276. The molecule has 7 nitrogen and oxygen atoms in total. The van der Waals surface area contributed by atoms with E-state index in [4.69, 9.17) is 9.47 Å². The molecule has 0 unspecified atom stereocenters. The monoisotopic (exact) mass is 482 g/mol. The van der Waals surface area contributed by atoms with Gasteiger partial charge in [-0.1, -0.05) is 18.4 Å². The van der Waals surface area contributed by atoms with Crippen molar-refractivity contribution in [2.75, 3.05) is 13.2 Å². The molecule has 0 saturated carbocycles. The summed E-state index contributed by atoms with van der Waals surface area (Å²) in [6.07, 6.45) is 8.64. The highest BCUT2D eigenvalue weighted by molar-refractivity contribution is 5.86. The smallest absolute Gasteiger partial charge is 0.333 e. The molecule has 1 heterocycles. The van der Waals surface area contributed by atoms with Gasteiger partial charge in [-0.05, 0) is 87.6 Å². The van der Waals surface area contributed by atoms with E-state index in [2.05, 4.69) is 38.6 Å².